The number of ether oxygens (including phenoxy) is 1. The SMILES string of the molecule is CCCCOC(=O)CNc1ncnc(N2CCCC2C(=O)NCC(N)=O)c1[N+](=O)[O-]. The molecule has 1 aromatic rings. The maximum Gasteiger partial charge on any atom is 0.353 e. The van der Waals surface area contributed by atoms with Gasteiger partial charge in [0.05, 0.1) is 18.1 Å². The summed E-state index contributed by atoms with van der Waals surface area (Å²) in [5, 5.41) is 16.7. The fourth-order valence-electron chi connectivity index (χ4n) is 3.00. The van der Waals surface area contributed by atoms with Gasteiger partial charge in [0.2, 0.25) is 23.5 Å². The number of carbonyl (C=O) groups excluding carboxylic acids is 3. The van der Waals surface area contributed by atoms with Crippen molar-refractivity contribution in [3.63, 3.8) is 0 Å². The molecule has 1 aliphatic heterocycles. The summed E-state index contributed by atoms with van der Waals surface area (Å²) in [5.74, 6) is -1.94. The third-order valence-electron chi connectivity index (χ3n) is 4.41. The lowest BCUT2D eigenvalue weighted by Crippen LogP contribution is -2.46. The van der Waals surface area contributed by atoms with E-state index < -0.39 is 34.4 Å². The van der Waals surface area contributed by atoms with Crippen molar-refractivity contribution >= 4 is 35.1 Å². The van der Waals surface area contributed by atoms with E-state index in [9.17, 15) is 24.5 Å². The second kappa shape index (κ2) is 10.9. The van der Waals surface area contributed by atoms with Gasteiger partial charge < -0.3 is 26.0 Å². The summed E-state index contributed by atoms with van der Waals surface area (Å²) >= 11 is 0. The van der Waals surface area contributed by atoms with Crippen LogP contribution in [0.3, 0.4) is 0 Å². The second-order valence-electron chi connectivity index (χ2n) is 6.61. The molecule has 164 valence electrons. The van der Waals surface area contributed by atoms with Crippen molar-refractivity contribution in [2.75, 3.05) is 36.5 Å². The molecule has 1 aliphatic rings. The number of rotatable bonds is 11. The monoisotopic (exact) mass is 423 g/mol. The molecule has 0 saturated carbocycles. The first kappa shape index (κ1) is 22.8. The van der Waals surface area contributed by atoms with Crippen molar-refractivity contribution in [2.24, 2.45) is 5.73 Å². The fourth-order valence-corrected chi connectivity index (χ4v) is 3.00. The van der Waals surface area contributed by atoms with Gasteiger partial charge in [-0.25, -0.2) is 9.97 Å². The van der Waals surface area contributed by atoms with E-state index in [1.807, 2.05) is 6.92 Å². The molecule has 0 spiro atoms. The van der Waals surface area contributed by atoms with E-state index in [4.69, 9.17) is 10.5 Å². The third-order valence-corrected chi connectivity index (χ3v) is 4.41. The standard InChI is InChI=1S/C17H25N7O6/c1-2-3-7-30-13(26)9-19-15-14(24(28)29)16(22-10-21-15)23-6-4-5-11(23)17(27)20-8-12(18)25/h10-11H,2-9H2,1H3,(H2,18,25)(H,20,27)(H,19,21,22). The Morgan fingerprint density at radius 3 is 2.80 bits per heavy atom. The molecule has 1 saturated heterocycles. The smallest absolute Gasteiger partial charge is 0.353 e. The van der Waals surface area contributed by atoms with Gasteiger partial charge in [0.15, 0.2) is 0 Å². The van der Waals surface area contributed by atoms with Gasteiger partial charge in [0.1, 0.15) is 18.9 Å². The minimum atomic E-state index is -0.746. The summed E-state index contributed by atoms with van der Waals surface area (Å²) in [5.41, 5.74) is 4.59. The molecule has 13 heteroatoms. The normalized spacial score (nSPS) is 15.5. The number of primary amides is 1. The highest BCUT2D eigenvalue weighted by atomic mass is 16.6. The Morgan fingerprint density at radius 2 is 2.13 bits per heavy atom. The van der Waals surface area contributed by atoms with E-state index >= 15 is 0 Å². The Kier molecular flexibility index (Phi) is 8.26. The summed E-state index contributed by atoms with van der Waals surface area (Å²) in [4.78, 5) is 55.5. The van der Waals surface area contributed by atoms with Gasteiger partial charge in [0, 0.05) is 6.54 Å². The van der Waals surface area contributed by atoms with Gasteiger partial charge >= 0.3 is 11.7 Å². The molecule has 0 radical (unpaired) electrons. The molecule has 2 heterocycles. The minimum absolute atomic E-state index is 0.0476. The van der Waals surface area contributed by atoms with Gasteiger partial charge in [-0.2, -0.15) is 0 Å². The number of nitrogens with zero attached hydrogens (tertiary/aromatic N) is 4. The summed E-state index contributed by atoms with van der Waals surface area (Å²) in [7, 11) is 0. The Bertz CT molecular complexity index is 803. The first-order valence-corrected chi connectivity index (χ1v) is 9.56. The van der Waals surface area contributed by atoms with E-state index in [0.29, 0.717) is 19.4 Å². The maximum absolute atomic E-state index is 12.4. The van der Waals surface area contributed by atoms with Crippen LogP contribution in [0.1, 0.15) is 32.6 Å². The van der Waals surface area contributed by atoms with Crippen molar-refractivity contribution in [2.45, 2.75) is 38.6 Å². The number of carbonyl (C=O) groups is 3. The number of unbranched alkanes of at least 4 members (excludes halogenated alkanes) is 1. The van der Waals surface area contributed by atoms with Crippen molar-refractivity contribution in [3.8, 4) is 0 Å². The summed E-state index contributed by atoms with van der Waals surface area (Å²) in [6, 6.07) is -0.746. The van der Waals surface area contributed by atoms with Gasteiger partial charge in [0.25, 0.3) is 0 Å². The van der Waals surface area contributed by atoms with Crippen LogP contribution in [0.4, 0.5) is 17.3 Å². The van der Waals surface area contributed by atoms with Gasteiger partial charge in [-0.3, -0.25) is 24.5 Å². The van der Waals surface area contributed by atoms with E-state index in [2.05, 4.69) is 20.6 Å². The number of hydrogen-bond acceptors (Lipinski definition) is 10. The molecule has 0 aromatic carbocycles. The lowest BCUT2D eigenvalue weighted by molar-refractivity contribution is -0.383. The van der Waals surface area contributed by atoms with Crippen LogP contribution in [-0.4, -0.2) is 65.0 Å². The Morgan fingerprint density at radius 1 is 1.37 bits per heavy atom. The molecule has 1 atom stereocenters. The van der Waals surface area contributed by atoms with Gasteiger partial charge in [-0.1, -0.05) is 13.3 Å². The fraction of sp³-hybridized carbons (Fsp3) is 0.588. The predicted molar refractivity (Wildman–Crippen MR) is 106 cm³/mol. The molecule has 4 N–H and O–H groups in total. The van der Waals surface area contributed by atoms with Crippen molar-refractivity contribution < 1.29 is 24.0 Å². The number of amides is 2. The summed E-state index contributed by atoms with van der Waals surface area (Å²) in [6.07, 6.45) is 3.73. The van der Waals surface area contributed by atoms with Crippen LogP contribution in [0.25, 0.3) is 0 Å². The zero-order valence-electron chi connectivity index (χ0n) is 16.6. The van der Waals surface area contributed by atoms with Crippen LogP contribution in [-0.2, 0) is 19.1 Å². The zero-order valence-corrected chi connectivity index (χ0v) is 16.6. The molecule has 1 fully saturated rings. The van der Waals surface area contributed by atoms with Crippen LogP contribution < -0.4 is 21.3 Å². The number of hydrogen-bond donors (Lipinski definition) is 3. The number of anilines is 2. The quantitative estimate of drug-likeness (QED) is 0.185. The van der Waals surface area contributed by atoms with E-state index in [0.717, 1.165) is 19.2 Å². The first-order chi connectivity index (χ1) is 14.3. The number of esters is 1. The van der Waals surface area contributed by atoms with Crippen LogP contribution in [0, 0.1) is 10.1 Å². The molecule has 1 unspecified atom stereocenters. The zero-order chi connectivity index (χ0) is 22.1. The molecular weight excluding hydrogens is 398 g/mol. The van der Waals surface area contributed by atoms with Crippen molar-refractivity contribution in [3.05, 3.63) is 16.4 Å². The molecular formula is C17H25N7O6. The summed E-state index contributed by atoms with van der Waals surface area (Å²) in [6.45, 7) is 1.94. The van der Waals surface area contributed by atoms with Crippen LogP contribution >= 0.6 is 0 Å². The average molecular weight is 423 g/mol. The lowest BCUT2D eigenvalue weighted by Gasteiger charge is -2.24. The van der Waals surface area contributed by atoms with Crippen LogP contribution in [0.2, 0.25) is 0 Å². The van der Waals surface area contributed by atoms with Crippen LogP contribution in [0.5, 0.6) is 0 Å². The molecule has 1 aromatic heterocycles. The molecule has 2 rings (SSSR count). The largest absolute Gasteiger partial charge is 0.464 e. The maximum atomic E-state index is 12.4. The minimum Gasteiger partial charge on any atom is -0.464 e. The highest BCUT2D eigenvalue weighted by Crippen LogP contribution is 2.35. The molecule has 0 bridgehead atoms. The number of nitro groups is 1. The average Bonchev–Trinajstić information content (AvgIpc) is 3.20. The molecule has 30 heavy (non-hydrogen) atoms. The van der Waals surface area contributed by atoms with Gasteiger partial charge in [-0.15, -0.1) is 0 Å². The van der Waals surface area contributed by atoms with E-state index in [1.165, 1.54) is 4.90 Å². The number of aromatic nitrogens is 2. The summed E-state index contributed by atoms with van der Waals surface area (Å²) < 4.78 is 5.01. The lowest BCUT2D eigenvalue weighted by atomic mass is 10.2. The predicted octanol–water partition coefficient (Wildman–Crippen LogP) is -0.290. The topological polar surface area (TPSA) is 183 Å². The van der Waals surface area contributed by atoms with E-state index in [-0.39, 0.29) is 31.3 Å². The third kappa shape index (κ3) is 5.99. The Labute approximate surface area is 172 Å². The second-order valence-corrected chi connectivity index (χ2v) is 6.61. The highest BCUT2D eigenvalue weighted by Gasteiger charge is 2.37. The number of nitrogens with one attached hydrogen (secondary N) is 2. The molecule has 13 nitrogen and oxygen atoms in total. The first-order valence-electron chi connectivity index (χ1n) is 9.56. The Balaban J connectivity index is 2.18. The van der Waals surface area contributed by atoms with Crippen LogP contribution in [0.15, 0.2) is 6.33 Å². The van der Waals surface area contributed by atoms with Gasteiger partial charge in [-0.05, 0) is 19.3 Å². The van der Waals surface area contributed by atoms with E-state index in [1.54, 1.807) is 0 Å². The Hall–Kier alpha value is -3.51. The molecule has 2 amide bonds. The highest BCUT2D eigenvalue weighted by molar-refractivity contribution is 5.90. The number of nitrogens with two attached hydrogens (primary N) is 1. The van der Waals surface area contributed by atoms with Crippen molar-refractivity contribution in [1.82, 2.24) is 15.3 Å². The van der Waals surface area contributed by atoms with Crippen molar-refractivity contribution in [1.29, 1.82) is 0 Å². The molecule has 0 aliphatic carbocycles.